The number of hydrogen-bond acceptors (Lipinski definition) is 2. The van der Waals surface area contributed by atoms with Crippen molar-refractivity contribution in [3.63, 3.8) is 0 Å². The molecule has 0 aromatic heterocycles. The van der Waals surface area contributed by atoms with Crippen LogP contribution in [0.1, 0.15) is 23.2 Å². The zero-order valence-electron chi connectivity index (χ0n) is 8.50. The van der Waals surface area contributed by atoms with E-state index in [1.807, 2.05) is 24.3 Å². The fourth-order valence-corrected chi connectivity index (χ4v) is 2.44. The lowest BCUT2D eigenvalue weighted by Crippen LogP contribution is -2.12. The van der Waals surface area contributed by atoms with Gasteiger partial charge in [0.05, 0.1) is 6.61 Å². The van der Waals surface area contributed by atoms with E-state index in [2.05, 4.69) is 38.5 Å². The molecule has 84 valence electrons. The van der Waals surface area contributed by atoms with Crippen molar-refractivity contribution in [3.8, 4) is 0 Å². The normalized spacial score (nSPS) is 15.2. The number of ketones is 1. The molecule has 0 atom stereocenters. The summed E-state index contributed by atoms with van der Waals surface area (Å²) in [5.41, 5.74) is 0.667. The molecule has 1 aliphatic rings. The molecule has 0 saturated heterocycles. The quantitative estimate of drug-likeness (QED) is 0.563. The van der Waals surface area contributed by atoms with E-state index >= 15 is 0 Å². The van der Waals surface area contributed by atoms with Crippen LogP contribution in [0.2, 0.25) is 0 Å². The molecule has 2 nitrogen and oxygen atoms in total. The molecule has 0 saturated carbocycles. The minimum absolute atomic E-state index is 0.0370. The van der Waals surface area contributed by atoms with Gasteiger partial charge < -0.3 is 4.74 Å². The van der Waals surface area contributed by atoms with Crippen LogP contribution in [-0.2, 0) is 4.74 Å². The summed E-state index contributed by atoms with van der Waals surface area (Å²) in [6.45, 7) is 0.638. The van der Waals surface area contributed by atoms with Crippen LogP contribution in [-0.4, -0.2) is 12.4 Å². The predicted octanol–water partition coefficient (Wildman–Crippen LogP) is 3.93. The summed E-state index contributed by atoms with van der Waals surface area (Å²) in [5.74, 6) is 0.444. The number of ether oxygens (including phenoxy) is 1. The Kier molecular flexibility index (Phi) is 4.02. The molecule has 0 bridgehead atoms. The Labute approximate surface area is 116 Å². The highest BCUT2D eigenvalue weighted by molar-refractivity contribution is 14.1. The van der Waals surface area contributed by atoms with Crippen LogP contribution < -0.4 is 0 Å². The third-order valence-corrected chi connectivity index (χ3v) is 3.70. The van der Waals surface area contributed by atoms with Gasteiger partial charge in [-0.2, -0.15) is 0 Å². The molecule has 1 aromatic carbocycles. The summed E-state index contributed by atoms with van der Waals surface area (Å²) in [5, 5.41) is 0. The Morgan fingerprint density at radius 1 is 1.44 bits per heavy atom. The first-order chi connectivity index (χ1) is 7.68. The van der Waals surface area contributed by atoms with Gasteiger partial charge in [0.1, 0.15) is 0 Å². The van der Waals surface area contributed by atoms with Gasteiger partial charge in [0.15, 0.2) is 5.76 Å². The standard InChI is InChI=1S/C12H10BrIO2/c13-10-5-4-8(14)7-9(10)12(15)11-3-1-2-6-16-11/h3-5,7H,1-2,6H2. The minimum Gasteiger partial charge on any atom is -0.490 e. The number of Topliss-reactive ketones (excluding diaryl/α,β-unsaturated/α-hetero) is 1. The molecule has 1 aromatic rings. The van der Waals surface area contributed by atoms with E-state index in [4.69, 9.17) is 4.74 Å². The zero-order chi connectivity index (χ0) is 11.5. The van der Waals surface area contributed by atoms with Crippen molar-refractivity contribution in [2.45, 2.75) is 12.8 Å². The van der Waals surface area contributed by atoms with Crippen molar-refractivity contribution >= 4 is 44.3 Å². The second kappa shape index (κ2) is 5.31. The third kappa shape index (κ3) is 2.66. The number of allylic oxidation sites excluding steroid dienone is 2. The van der Waals surface area contributed by atoms with Gasteiger partial charge in [0.2, 0.25) is 5.78 Å². The monoisotopic (exact) mass is 392 g/mol. The van der Waals surface area contributed by atoms with Crippen molar-refractivity contribution in [1.29, 1.82) is 0 Å². The van der Waals surface area contributed by atoms with Crippen molar-refractivity contribution in [2.24, 2.45) is 0 Å². The molecule has 0 amide bonds. The van der Waals surface area contributed by atoms with Crippen LogP contribution in [0.3, 0.4) is 0 Å². The van der Waals surface area contributed by atoms with Gasteiger partial charge in [-0.25, -0.2) is 0 Å². The number of rotatable bonds is 2. The number of benzene rings is 1. The van der Waals surface area contributed by atoms with Crippen LogP contribution in [0.4, 0.5) is 0 Å². The van der Waals surface area contributed by atoms with Crippen LogP contribution >= 0.6 is 38.5 Å². The van der Waals surface area contributed by atoms with Gasteiger partial charge in [0.25, 0.3) is 0 Å². The summed E-state index contributed by atoms with van der Waals surface area (Å²) in [6.07, 6.45) is 3.78. The average molecular weight is 393 g/mol. The van der Waals surface area contributed by atoms with Gasteiger partial charge >= 0.3 is 0 Å². The first kappa shape index (κ1) is 12.1. The zero-order valence-corrected chi connectivity index (χ0v) is 12.2. The predicted molar refractivity (Wildman–Crippen MR) is 74.5 cm³/mol. The first-order valence-electron chi connectivity index (χ1n) is 5.01. The van der Waals surface area contributed by atoms with E-state index in [0.29, 0.717) is 17.9 Å². The van der Waals surface area contributed by atoms with Crippen molar-refractivity contribution in [2.75, 3.05) is 6.61 Å². The molecule has 4 heteroatoms. The van der Waals surface area contributed by atoms with Crippen LogP contribution in [0.5, 0.6) is 0 Å². The largest absolute Gasteiger partial charge is 0.490 e. The topological polar surface area (TPSA) is 26.3 Å². The molecule has 16 heavy (non-hydrogen) atoms. The lowest BCUT2D eigenvalue weighted by Gasteiger charge is -2.14. The van der Waals surface area contributed by atoms with Crippen molar-refractivity contribution in [3.05, 3.63) is 43.6 Å². The number of halogens is 2. The van der Waals surface area contributed by atoms with E-state index < -0.39 is 0 Å². The van der Waals surface area contributed by atoms with E-state index in [1.165, 1.54) is 0 Å². The Morgan fingerprint density at radius 2 is 2.25 bits per heavy atom. The minimum atomic E-state index is -0.0370. The summed E-state index contributed by atoms with van der Waals surface area (Å²) < 4.78 is 7.23. The Hall–Kier alpha value is -0.360. The number of hydrogen-bond donors (Lipinski definition) is 0. The maximum Gasteiger partial charge on any atom is 0.228 e. The lowest BCUT2D eigenvalue weighted by molar-refractivity contribution is 0.0898. The highest BCUT2D eigenvalue weighted by atomic mass is 127. The van der Waals surface area contributed by atoms with Crippen LogP contribution in [0, 0.1) is 3.57 Å². The molecular formula is C12H10BrIO2. The van der Waals surface area contributed by atoms with Gasteiger partial charge in [-0.1, -0.05) is 15.9 Å². The van der Waals surface area contributed by atoms with Gasteiger partial charge in [0, 0.05) is 13.6 Å². The van der Waals surface area contributed by atoms with E-state index in [-0.39, 0.29) is 5.78 Å². The van der Waals surface area contributed by atoms with Crippen LogP contribution in [0.25, 0.3) is 0 Å². The third-order valence-electron chi connectivity index (χ3n) is 2.33. The number of carbonyl (C=O) groups excluding carboxylic acids is 1. The Balaban J connectivity index is 2.33. The van der Waals surface area contributed by atoms with Gasteiger partial charge in [-0.05, 0) is 59.7 Å². The fourth-order valence-electron chi connectivity index (χ4n) is 1.52. The molecule has 0 aliphatic carbocycles. The lowest BCUT2D eigenvalue weighted by atomic mass is 10.1. The summed E-state index contributed by atoms with van der Waals surface area (Å²) in [7, 11) is 0. The number of carbonyl (C=O) groups is 1. The molecule has 0 N–H and O–H groups in total. The van der Waals surface area contributed by atoms with E-state index in [0.717, 1.165) is 20.9 Å². The Bertz CT molecular complexity index is 454. The second-order valence-electron chi connectivity index (χ2n) is 3.51. The Morgan fingerprint density at radius 3 is 2.94 bits per heavy atom. The molecule has 0 spiro atoms. The average Bonchev–Trinajstić information content (AvgIpc) is 2.32. The van der Waals surface area contributed by atoms with Crippen LogP contribution in [0.15, 0.2) is 34.5 Å². The first-order valence-corrected chi connectivity index (χ1v) is 6.88. The molecule has 0 radical (unpaired) electrons. The second-order valence-corrected chi connectivity index (χ2v) is 5.61. The summed E-state index contributed by atoms with van der Waals surface area (Å²) in [6, 6.07) is 5.71. The highest BCUT2D eigenvalue weighted by Crippen LogP contribution is 2.24. The highest BCUT2D eigenvalue weighted by Gasteiger charge is 2.18. The van der Waals surface area contributed by atoms with E-state index in [1.54, 1.807) is 0 Å². The molecule has 0 unspecified atom stereocenters. The van der Waals surface area contributed by atoms with Gasteiger partial charge in [-0.3, -0.25) is 4.79 Å². The molecule has 1 aliphatic heterocycles. The SMILES string of the molecule is O=C(C1=CCCCO1)c1cc(I)ccc1Br. The maximum atomic E-state index is 12.1. The molecule has 2 rings (SSSR count). The fraction of sp³-hybridized carbons (Fsp3) is 0.250. The summed E-state index contributed by atoms with van der Waals surface area (Å²) in [4.78, 5) is 12.1. The van der Waals surface area contributed by atoms with Gasteiger partial charge in [-0.15, -0.1) is 0 Å². The van der Waals surface area contributed by atoms with Crippen molar-refractivity contribution in [1.82, 2.24) is 0 Å². The molecular weight excluding hydrogens is 383 g/mol. The maximum absolute atomic E-state index is 12.1. The smallest absolute Gasteiger partial charge is 0.228 e. The van der Waals surface area contributed by atoms with Crippen molar-refractivity contribution < 1.29 is 9.53 Å². The molecule has 1 heterocycles. The molecule has 0 fully saturated rings. The summed E-state index contributed by atoms with van der Waals surface area (Å²) >= 11 is 5.58. The van der Waals surface area contributed by atoms with E-state index in [9.17, 15) is 4.79 Å².